The minimum absolute atomic E-state index is 0.221. The number of carboxylic acid groups (broad SMARTS) is 1. The number of hydrogen-bond acceptors (Lipinski definition) is 3. The lowest BCUT2D eigenvalue weighted by Crippen LogP contribution is -2.41. The second-order valence-electron chi connectivity index (χ2n) is 4.38. The lowest BCUT2D eigenvalue weighted by Gasteiger charge is -2.35. The third-order valence-electron chi connectivity index (χ3n) is 3.33. The lowest BCUT2D eigenvalue weighted by atomic mass is 9.79. The molecular formula is C14H11BrO4. The fourth-order valence-corrected chi connectivity index (χ4v) is 3.16. The van der Waals surface area contributed by atoms with Crippen molar-refractivity contribution >= 4 is 21.9 Å². The summed E-state index contributed by atoms with van der Waals surface area (Å²) in [6, 6.07) is 0. The van der Waals surface area contributed by atoms with Crippen LogP contribution in [-0.4, -0.2) is 29.6 Å². The predicted octanol–water partition coefficient (Wildman–Crippen LogP) is 2.45. The fraction of sp³-hybridized carbons (Fsp3) is 0.214. The van der Waals surface area contributed by atoms with Crippen LogP contribution in [0.3, 0.4) is 0 Å². The molecule has 2 aliphatic carbocycles. The Morgan fingerprint density at radius 3 is 3.16 bits per heavy atom. The Morgan fingerprint density at radius 2 is 2.37 bits per heavy atom. The highest BCUT2D eigenvalue weighted by atomic mass is 79.9. The molecule has 0 saturated carbocycles. The van der Waals surface area contributed by atoms with E-state index in [4.69, 9.17) is 14.6 Å². The molecule has 4 nitrogen and oxygen atoms in total. The third-order valence-corrected chi connectivity index (χ3v) is 4.22. The zero-order valence-corrected chi connectivity index (χ0v) is 11.5. The number of allylic oxidation sites excluding steroid dienone is 5. The van der Waals surface area contributed by atoms with E-state index in [0.29, 0.717) is 0 Å². The Kier molecular flexibility index (Phi) is 3.05. The fourth-order valence-electron chi connectivity index (χ4n) is 2.45. The van der Waals surface area contributed by atoms with E-state index in [1.165, 1.54) is 0 Å². The van der Waals surface area contributed by atoms with E-state index in [9.17, 15) is 4.79 Å². The van der Waals surface area contributed by atoms with Gasteiger partial charge in [-0.05, 0) is 39.7 Å². The van der Waals surface area contributed by atoms with Gasteiger partial charge in [0.25, 0.3) is 0 Å². The molecule has 2 atom stereocenters. The predicted molar refractivity (Wildman–Crippen MR) is 72.6 cm³/mol. The maximum Gasteiger partial charge on any atom is 0.328 e. The number of halogens is 1. The number of aliphatic carboxylic acids is 1. The molecule has 1 spiro atoms. The van der Waals surface area contributed by atoms with Crippen LogP contribution >= 0.6 is 15.9 Å². The second kappa shape index (κ2) is 4.59. The van der Waals surface area contributed by atoms with Gasteiger partial charge in [0.1, 0.15) is 18.5 Å². The second-order valence-corrected chi connectivity index (χ2v) is 5.18. The molecule has 1 N–H and O–H groups in total. The number of hydrogen-bond donors (Lipinski definition) is 1. The highest BCUT2D eigenvalue weighted by molar-refractivity contribution is 9.12. The summed E-state index contributed by atoms with van der Waals surface area (Å²) in [4.78, 5) is 10.6. The monoisotopic (exact) mass is 322 g/mol. The molecule has 1 heterocycles. The van der Waals surface area contributed by atoms with Crippen LogP contribution in [0.5, 0.6) is 0 Å². The van der Waals surface area contributed by atoms with Crippen molar-refractivity contribution in [1.82, 2.24) is 0 Å². The van der Waals surface area contributed by atoms with Gasteiger partial charge in [-0.3, -0.25) is 0 Å². The van der Waals surface area contributed by atoms with E-state index in [2.05, 4.69) is 15.9 Å². The molecule has 0 aromatic carbocycles. The van der Waals surface area contributed by atoms with Crippen LogP contribution in [0.1, 0.15) is 0 Å². The molecule has 2 unspecified atom stereocenters. The lowest BCUT2D eigenvalue weighted by molar-refractivity contribution is -0.131. The van der Waals surface area contributed by atoms with Gasteiger partial charge in [-0.1, -0.05) is 18.2 Å². The van der Waals surface area contributed by atoms with E-state index < -0.39 is 11.6 Å². The standard InChI is InChI=1S/C14H11BrO4/c15-13-9(4-5-12(16)17)7-11-14(19-8-18-11)6-2-1-3-10(13)14/h1-7,11H,8H2,(H,16,17)/b5-4+. The van der Waals surface area contributed by atoms with Crippen molar-refractivity contribution in [3.05, 3.63) is 58.2 Å². The van der Waals surface area contributed by atoms with Crippen molar-refractivity contribution in [3.8, 4) is 0 Å². The Labute approximate surface area is 118 Å². The molecule has 1 saturated heterocycles. The van der Waals surface area contributed by atoms with Crippen molar-refractivity contribution in [2.75, 3.05) is 6.79 Å². The molecule has 0 amide bonds. The summed E-state index contributed by atoms with van der Waals surface area (Å²) in [7, 11) is 0. The molecule has 5 heteroatoms. The molecule has 0 aromatic rings. The topological polar surface area (TPSA) is 55.8 Å². The van der Waals surface area contributed by atoms with Crippen LogP contribution in [0.15, 0.2) is 58.2 Å². The van der Waals surface area contributed by atoms with Crippen molar-refractivity contribution in [1.29, 1.82) is 0 Å². The molecule has 19 heavy (non-hydrogen) atoms. The van der Waals surface area contributed by atoms with E-state index in [1.54, 1.807) is 6.08 Å². The van der Waals surface area contributed by atoms with E-state index in [-0.39, 0.29) is 12.9 Å². The van der Waals surface area contributed by atoms with Gasteiger partial charge < -0.3 is 14.6 Å². The summed E-state index contributed by atoms with van der Waals surface area (Å²) in [5.74, 6) is -0.981. The van der Waals surface area contributed by atoms with Gasteiger partial charge in [-0.25, -0.2) is 4.79 Å². The molecule has 0 radical (unpaired) electrons. The average Bonchev–Trinajstić information content (AvgIpc) is 2.78. The number of carboxylic acids is 1. The van der Waals surface area contributed by atoms with Gasteiger partial charge in [0.05, 0.1) is 0 Å². The van der Waals surface area contributed by atoms with Crippen molar-refractivity contribution in [2.45, 2.75) is 11.7 Å². The SMILES string of the molecule is O=C(O)/C=C/C1=CC2OCOC23C=CC=CC3=C1Br. The maximum absolute atomic E-state index is 10.6. The number of carbonyl (C=O) groups is 1. The summed E-state index contributed by atoms with van der Waals surface area (Å²) in [5, 5.41) is 8.72. The van der Waals surface area contributed by atoms with Crippen LogP contribution in [-0.2, 0) is 14.3 Å². The van der Waals surface area contributed by atoms with Gasteiger partial charge >= 0.3 is 5.97 Å². The van der Waals surface area contributed by atoms with Crippen LogP contribution < -0.4 is 0 Å². The molecule has 1 fully saturated rings. The Balaban J connectivity index is 2.07. The maximum atomic E-state index is 10.6. The molecule has 3 rings (SSSR count). The quantitative estimate of drug-likeness (QED) is 0.793. The van der Waals surface area contributed by atoms with Gasteiger partial charge in [-0.2, -0.15) is 0 Å². The summed E-state index contributed by atoms with van der Waals surface area (Å²) < 4.78 is 12.2. The smallest absolute Gasteiger partial charge is 0.328 e. The van der Waals surface area contributed by atoms with Crippen LogP contribution in [0.2, 0.25) is 0 Å². The van der Waals surface area contributed by atoms with E-state index >= 15 is 0 Å². The summed E-state index contributed by atoms with van der Waals surface area (Å²) >= 11 is 3.52. The molecule has 0 bridgehead atoms. The first-order valence-electron chi connectivity index (χ1n) is 5.78. The summed E-state index contributed by atoms with van der Waals surface area (Å²) in [6.07, 6.45) is 12.1. The molecule has 98 valence electrons. The summed E-state index contributed by atoms with van der Waals surface area (Å²) in [6.45, 7) is 0.221. The number of rotatable bonds is 2. The van der Waals surface area contributed by atoms with Crippen LogP contribution in [0.25, 0.3) is 0 Å². The molecule has 0 aromatic heterocycles. The minimum atomic E-state index is -0.981. The first-order chi connectivity index (χ1) is 9.13. The Bertz CT molecular complexity index is 582. The molecule has 3 aliphatic rings. The van der Waals surface area contributed by atoms with Crippen LogP contribution in [0, 0.1) is 0 Å². The molecule has 1 aliphatic heterocycles. The Morgan fingerprint density at radius 1 is 1.53 bits per heavy atom. The average molecular weight is 323 g/mol. The zero-order valence-electron chi connectivity index (χ0n) is 9.88. The summed E-state index contributed by atoms with van der Waals surface area (Å²) in [5.41, 5.74) is 1.14. The normalized spacial score (nSPS) is 32.5. The molecular weight excluding hydrogens is 312 g/mol. The largest absolute Gasteiger partial charge is 0.478 e. The van der Waals surface area contributed by atoms with Gasteiger partial charge in [0, 0.05) is 16.1 Å². The third kappa shape index (κ3) is 1.94. The zero-order chi connectivity index (χ0) is 13.5. The first-order valence-corrected chi connectivity index (χ1v) is 6.58. The van der Waals surface area contributed by atoms with Crippen molar-refractivity contribution in [3.63, 3.8) is 0 Å². The van der Waals surface area contributed by atoms with Gasteiger partial charge in [0.2, 0.25) is 0 Å². The van der Waals surface area contributed by atoms with Gasteiger partial charge in [-0.15, -0.1) is 0 Å². The Hall–Kier alpha value is -1.43. The number of ether oxygens (including phenoxy) is 2. The van der Waals surface area contributed by atoms with Gasteiger partial charge in [0.15, 0.2) is 0 Å². The van der Waals surface area contributed by atoms with Crippen molar-refractivity contribution in [2.24, 2.45) is 0 Å². The van der Waals surface area contributed by atoms with E-state index in [1.807, 2.05) is 30.4 Å². The minimum Gasteiger partial charge on any atom is -0.478 e. The highest BCUT2D eigenvalue weighted by Crippen LogP contribution is 2.46. The van der Waals surface area contributed by atoms with Crippen molar-refractivity contribution < 1.29 is 19.4 Å². The van der Waals surface area contributed by atoms with Crippen LogP contribution in [0.4, 0.5) is 0 Å². The first kappa shape index (κ1) is 12.6. The highest BCUT2D eigenvalue weighted by Gasteiger charge is 2.49. The van der Waals surface area contributed by atoms with E-state index in [0.717, 1.165) is 21.7 Å².